The van der Waals surface area contributed by atoms with Gasteiger partial charge in [-0.25, -0.2) is 0 Å². The second kappa shape index (κ2) is 2.65. The summed E-state index contributed by atoms with van der Waals surface area (Å²) in [6.45, 7) is 5.26. The van der Waals surface area contributed by atoms with Crippen LogP contribution in [0.5, 0.6) is 0 Å². The molecule has 2 bridgehead atoms. The molecule has 5 unspecified atom stereocenters. The highest BCUT2D eigenvalue weighted by Crippen LogP contribution is 2.59. The van der Waals surface area contributed by atoms with Gasteiger partial charge in [0.05, 0.1) is 0 Å². The Labute approximate surface area is 103 Å². The van der Waals surface area contributed by atoms with Crippen LogP contribution in [0.1, 0.15) is 20.8 Å². The highest BCUT2D eigenvalue weighted by molar-refractivity contribution is 6.01. The van der Waals surface area contributed by atoms with Gasteiger partial charge in [0.25, 0.3) is 5.79 Å². The Balaban J connectivity index is 1.87. The number of hydrogen-bond acceptors (Lipinski definition) is 6. The van der Waals surface area contributed by atoms with Crippen molar-refractivity contribution in [1.82, 2.24) is 0 Å². The van der Waals surface area contributed by atoms with Crippen LogP contribution in [0.15, 0.2) is 11.8 Å². The molecule has 4 aliphatic rings. The zero-order valence-electron chi connectivity index (χ0n) is 10.3. The third-order valence-electron chi connectivity index (χ3n) is 4.16. The molecule has 0 aromatic heterocycles. The van der Waals surface area contributed by atoms with E-state index < -0.39 is 35.5 Å². The number of ether oxygens (including phenoxy) is 4. The van der Waals surface area contributed by atoms with Crippen molar-refractivity contribution in [2.45, 2.75) is 56.3 Å². The van der Waals surface area contributed by atoms with E-state index in [0.717, 1.165) is 0 Å². The van der Waals surface area contributed by atoms with Crippen molar-refractivity contribution >= 4 is 5.78 Å². The smallest absolute Gasteiger partial charge is 0.261 e. The summed E-state index contributed by atoms with van der Waals surface area (Å²) in [5.41, 5.74) is -1.67. The van der Waals surface area contributed by atoms with Crippen molar-refractivity contribution in [3.63, 3.8) is 0 Å². The maximum Gasteiger partial charge on any atom is 0.261 e. The van der Waals surface area contributed by atoms with Crippen molar-refractivity contribution in [1.29, 1.82) is 0 Å². The molecule has 18 heavy (non-hydrogen) atoms. The van der Waals surface area contributed by atoms with Gasteiger partial charge in [-0.05, 0) is 20.8 Å². The van der Waals surface area contributed by atoms with E-state index in [0.29, 0.717) is 5.76 Å². The van der Waals surface area contributed by atoms with Gasteiger partial charge in [0.15, 0.2) is 35.6 Å². The molecule has 0 radical (unpaired) electrons. The molecule has 1 N–H and O–H groups in total. The largest absolute Gasteiger partial charge is 0.483 e. The van der Waals surface area contributed by atoms with Crippen molar-refractivity contribution in [3.05, 3.63) is 11.8 Å². The van der Waals surface area contributed by atoms with Gasteiger partial charge in [-0.15, -0.1) is 0 Å². The van der Waals surface area contributed by atoms with E-state index in [1.54, 1.807) is 20.8 Å². The molecule has 0 aromatic rings. The molecule has 3 fully saturated rings. The third kappa shape index (κ3) is 0.980. The lowest BCUT2D eigenvalue weighted by Crippen LogP contribution is -2.56. The van der Waals surface area contributed by atoms with Gasteiger partial charge >= 0.3 is 0 Å². The van der Waals surface area contributed by atoms with E-state index in [1.165, 1.54) is 6.08 Å². The molecular weight excluding hydrogens is 240 g/mol. The van der Waals surface area contributed by atoms with Gasteiger partial charge in [0.2, 0.25) is 0 Å². The van der Waals surface area contributed by atoms with Gasteiger partial charge in [-0.2, -0.15) is 0 Å². The number of carbonyl (C=O) groups is 1. The van der Waals surface area contributed by atoms with Crippen LogP contribution in [0.3, 0.4) is 0 Å². The number of rotatable bonds is 0. The molecule has 4 rings (SSSR count). The number of aliphatic hydroxyl groups excluding tert-OH is 1. The Morgan fingerprint density at radius 2 is 1.94 bits per heavy atom. The molecule has 1 aliphatic carbocycles. The van der Waals surface area contributed by atoms with Gasteiger partial charge in [-0.3, -0.25) is 4.79 Å². The lowest BCUT2D eigenvalue weighted by molar-refractivity contribution is -0.251. The molecule has 1 spiro atoms. The first-order valence-corrected chi connectivity index (χ1v) is 5.97. The van der Waals surface area contributed by atoms with Gasteiger partial charge in [-0.1, -0.05) is 0 Å². The van der Waals surface area contributed by atoms with Crippen molar-refractivity contribution in [3.8, 4) is 0 Å². The molecule has 3 aliphatic heterocycles. The topological polar surface area (TPSA) is 77.5 Å². The maximum atomic E-state index is 11.9. The summed E-state index contributed by atoms with van der Waals surface area (Å²) in [6.07, 6.45) is -0.878. The number of hydrogen-bond donors (Lipinski definition) is 1. The van der Waals surface area contributed by atoms with E-state index in [9.17, 15) is 9.90 Å². The monoisotopic (exact) mass is 254 g/mol. The molecule has 0 saturated carbocycles. The minimum Gasteiger partial charge on any atom is -0.483 e. The minimum absolute atomic E-state index is 0.157. The van der Waals surface area contributed by atoms with Crippen LogP contribution < -0.4 is 0 Å². The average Bonchev–Trinajstić information content (AvgIpc) is 2.85. The molecule has 3 heterocycles. The fraction of sp³-hybridized carbons (Fsp3) is 0.750. The zero-order chi connectivity index (χ0) is 12.9. The van der Waals surface area contributed by atoms with E-state index in [2.05, 4.69) is 0 Å². The van der Waals surface area contributed by atoms with E-state index in [4.69, 9.17) is 18.9 Å². The van der Waals surface area contributed by atoms with E-state index in [1.807, 2.05) is 0 Å². The number of epoxide rings is 1. The highest BCUT2D eigenvalue weighted by atomic mass is 16.9. The molecule has 0 amide bonds. The fourth-order valence-corrected chi connectivity index (χ4v) is 3.01. The third-order valence-corrected chi connectivity index (χ3v) is 4.16. The van der Waals surface area contributed by atoms with Crippen LogP contribution in [0.2, 0.25) is 0 Å². The van der Waals surface area contributed by atoms with Crippen LogP contribution in [0, 0.1) is 0 Å². The summed E-state index contributed by atoms with van der Waals surface area (Å²) < 4.78 is 22.6. The van der Waals surface area contributed by atoms with Crippen molar-refractivity contribution < 1.29 is 28.8 Å². The first-order chi connectivity index (χ1) is 8.30. The Morgan fingerprint density at radius 3 is 2.67 bits per heavy atom. The number of aliphatic hydroxyl groups is 1. The maximum absolute atomic E-state index is 11.9. The van der Waals surface area contributed by atoms with Crippen LogP contribution >= 0.6 is 0 Å². The molecule has 6 nitrogen and oxygen atoms in total. The van der Waals surface area contributed by atoms with Crippen LogP contribution in [0.25, 0.3) is 0 Å². The van der Waals surface area contributed by atoms with Gasteiger partial charge < -0.3 is 24.1 Å². The quantitative estimate of drug-likeness (QED) is 0.606. The molecule has 6 heteroatoms. The Hall–Kier alpha value is -0.950. The molecule has 0 aromatic carbocycles. The average molecular weight is 254 g/mol. The summed E-state index contributed by atoms with van der Waals surface area (Å²) in [5.74, 6) is -1.12. The standard InChI is InChI=1S/C12H14O6/c1-10(2)7-8(14)17-12(16-7)6(15-10)4-5(13)11(3)9(12)18-11/h4,7-9,14H,1-3H3. The molecule has 5 atom stereocenters. The Bertz CT molecular complexity index is 497. The fourth-order valence-electron chi connectivity index (χ4n) is 3.01. The second-order valence-corrected chi connectivity index (χ2v) is 5.90. The Morgan fingerprint density at radius 1 is 1.22 bits per heavy atom. The van der Waals surface area contributed by atoms with Crippen LogP contribution in [0.4, 0.5) is 0 Å². The first kappa shape index (κ1) is 10.9. The SMILES string of the molecule is CC1(C)OC2=CC(=O)C3(C)OC3C23OC(O)C1O3. The molecule has 3 saturated heterocycles. The first-order valence-electron chi connectivity index (χ1n) is 5.97. The zero-order valence-corrected chi connectivity index (χ0v) is 10.3. The van der Waals surface area contributed by atoms with E-state index in [-0.39, 0.29) is 5.78 Å². The van der Waals surface area contributed by atoms with Gasteiger partial charge in [0, 0.05) is 6.08 Å². The number of fused-ring (bicyclic) bond motifs is 2. The summed E-state index contributed by atoms with van der Waals surface area (Å²) >= 11 is 0. The molecule has 98 valence electrons. The number of carbonyl (C=O) groups excluding carboxylic acids is 1. The van der Waals surface area contributed by atoms with Crippen molar-refractivity contribution in [2.24, 2.45) is 0 Å². The minimum atomic E-state index is -1.26. The highest BCUT2D eigenvalue weighted by Gasteiger charge is 2.79. The van der Waals surface area contributed by atoms with Crippen LogP contribution in [-0.4, -0.2) is 46.4 Å². The summed E-state index contributed by atoms with van der Waals surface area (Å²) in [7, 11) is 0. The normalized spacial score (nSPS) is 55.2. The lowest BCUT2D eigenvalue weighted by Gasteiger charge is -2.42. The summed E-state index contributed by atoms with van der Waals surface area (Å²) in [5, 5.41) is 9.96. The second-order valence-electron chi connectivity index (χ2n) is 5.90. The predicted molar refractivity (Wildman–Crippen MR) is 56.2 cm³/mol. The summed E-state index contributed by atoms with van der Waals surface area (Å²) in [4.78, 5) is 11.9. The number of ketones is 1. The predicted octanol–water partition coefficient (Wildman–Crippen LogP) is -0.151. The molecular formula is C12H14O6. The van der Waals surface area contributed by atoms with E-state index >= 15 is 0 Å². The summed E-state index contributed by atoms with van der Waals surface area (Å²) in [6, 6.07) is 0. The Kier molecular flexibility index (Phi) is 1.61. The van der Waals surface area contributed by atoms with Gasteiger partial charge in [0.1, 0.15) is 5.60 Å². The lowest BCUT2D eigenvalue weighted by atomic mass is 9.87. The van der Waals surface area contributed by atoms with Crippen LogP contribution in [-0.2, 0) is 23.7 Å². The van der Waals surface area contributed by atoms with Crippen molar-refractivity contribution in [2.75, 3.05) is 0 Å².